The quantitative estimate of drug-likeness (QED) is 0.407. The largest absolute Gasteiger partial charge is 0.481 e. The Morgan fingerprint density at radius 3 is 1.93 bits per heavy atom. The summed E-state index contributed by atoms with van der Waals surface area (Å²) in [7, 11) is 0. The average molecular weight is 410 g/mol. The lowest BCUT2D eigenvalue weighted by Gasteiger charge is -2.18. The van der Waals surface area contributed by atoms with E-state index in [4.69, 9.17) is 20.4 Å². The van der Waals surface area contributed by atoms with Crippen LogP contribution in [0.1, 0.15) is 48.9 Å². The van der Waals surface area contributed by atoms with Gasteiger partial charge in [-0.25, -0.2) is 4.79 Å². The maximum absolute atomic E-state index is 11.8. The number of carboxylic acid groups (broad SMARTS) is 3. The molecule has 10 heteroatoms. The van der Waals surface area contributed by atoms with E-state index in [9.17, 15) is 19.2 Å². The smallest absolute Gasteiger partial charge is 0.336 e. The molecule has 0 bridgehead atoms. The highest BCUT2D eigenvalue weighted by molar-refractivity contribution is 5.95. The van der Waals surface area contributed by atoms with Crippen LogP contribution in [0, 0.1) is 0 Å². The van der Waals surface area contributed by atoms with Gasteiger partial charge < -0.3 is 25.3 Å². The zero-order valence-corrected chi connectivity index (χ0v) is 16.0. The molecular formula is C19H26N2O8. The molecule has 0 radical (unpaired) electrons. The molecule has 29 heavy (non-hydrogen) atoms. The number of ketones is 1. The van der Waals surface area contributed by atoms with Crippen LogP contribution >= 0.6 is 0 Å². The van der Waals surface area contributed by atoms with Crippen LogP contribution in [0.4, 0.5) is 0 Å². The Kier molecular flexibility index (Phi) is 9.90. The predicted molar refractivity (Wildman–Crippen MR) is 101 cm³/mol. The first kappa shape index (κ1) is 24.2. The van der Waals surface area contributed by atoms with Crippen LogP contribution in [0.15, 0.2) is 24.5 Å². The molecule has 0 unspecified atom stereocenters. The Morgan fingerprint density at radius 2 is 1.48 bits per heavy atom. The summed E-state index contributed by atoms with van der Waals surface area (Å²) < 4.78 is 0. The molecule has 1 aromatic rings. The van der Waals surface area contributed by atoms with Gasteiger partial charge in [-0.3, -0.25) is 19.4 Å². The van der Waals surface area contributed by atoms with Crippen LogP contribution in [0.25, 0.3) is 0 Å². The van der Waals surface area contributed by atoms with E-state index >= 15 is 0 Å². The van der Waals surface area contributed by atoms with Gasteiger partial charge in [0.15, 0.2) is 11.4 Å². The van der Waals surface area contributed by atoms with Crippen LogP contribution in [0.2, 0.25) is 0 Å². The number of carboxylic acids is 3. The normalized spacial score (nSPS) is 14.0. The molecule has 0 saturated carbocycles. The third kappa shape index (κ3) is 9.26. The molecule has 0 amide bonds. The van der Waals surface area contributed by atoms with Gasteiger partial charge in [0.25, 0.3) is 0 Å². The Bertz CT molecular complexity index is 685. The first-order chi connectivity index (χ1) is 13.6. The second-order valence-corrected chi connectivity index (χ2v) is 6.79. The van der Waals surface area contributed by atoms with Crippen molar-refractivity contribution < 1.29 is 39.6 Å². The molecule has 1 aliphatic heterocycles. The highest BCUT2D eigenvalue weighted by Gasteiger charge is 2.40. The minimum Gasteiger partial charge on any atom is -0.481 e. The van der Waals surface area contributed by atoms with E-state index in [-0.39, 0.29) is 5.78 Å². The molecule has 2 heterocycles. The summed E-state index contributed by atoms with van der Waals surface area (Å²) in [5.41, 5.74) is -1.95. The molecule has 4 N–H and O–H groups in total. The fourth-order valence-corrected chi connectivity index (χ4v) is 2.87. The van der Waals surface area contributed by atoms with E-state index in [2.05, 4.69) is 9.88 Å². The summed E-state index contributed by atoms with van der Waals surface area (Å²) in [5.74, 6) is -4.78. The fourth-order valence-electron chi connectivity index (χ4n) is 2.87. The number of hydrogen-bond donors (Lipinski definition) is 4. The van der Waals surface area contributed by atoms with Crippen molar-refractivity contribution in [1.29, 1.82) is 0 Å². The van der Waals surface area contributed by atoms with Crippen molar-refractivity contribution in [3.05, 3.63) is 30.1 Å². The number of pyridine rings is 1. The van der Waals surface area contributed by atoms with Crippen LogP contribution in [0.3, 0.4) is 0 Å². The monoisotopic (exact) mass is 410 g/mol. The summed E-state index contributed by atoms with van der Waals surface area (Å²) in [6.07, 6.45) is 5.32. The molecule has 2 rings (SSSR count). The van der Waals surface area contributed by atoms with E-state index in [1.807, 2.05) is 0 Å². The maximum Gasteiger partial charge on any atom is 0.336 e. The van der Waals surface area contributed by atoms with Gasteiger partial charge in [0, 0.05) is 24.4 Å². The molecule has 1 aliphatic rings. The molecule has 10 nitrogen and oxygen atoms in total. The van der Waals surface area contributed by atoms with E-state index in [0.717, 1.165) is 18.5 Å². The Labute approximate surface area is 167 Å². The van der Waals surface area contributed by atoms with Crippen LogP contribution in [0.5, 0.6) is 0 Å². The number of rotatable bonds is 10. The van der Waals surface area contributed by atoms with Crippen molar-refractivity contribution in [2.24, 2.45) is 0 Å². The lowest BCUT2D eigenvalue weighted by Crippen LogP contribution is -2.42. The van der Waals surface area contributed by atoms with Crippen molar-refractivity contribution in [3.8, 4) is 0 Å². The van der Waals surface area contributed by atoms with Gasteiger partial charge in [0.2, 0.25) is 0 Å². The van der Waals surface area contributed by atoms with E-state index < -0.39 is 36.4 Å². The second-order valence-electron chi connectivity index (χ2n) is 6.79. The highest BCUT2D eigenvalue weighted by atomic mass is 16.4. The molecule has 0 atom stereocenters. The van der Waals surface area contributed by atoms with Gasteiger partial charge in [-0.05, 0) is 51.0 Å². The van der Waals surface area contributed by atoms with Crippen molar-refractivity contribution in [3.63, 3.8) is 0 Å². The Hall–Kier alpha value is -2.85. The summed E-state index contributed by atoms with van der Waals surface area (Å²) in [6.45, 7) is 3.49. The molecule has 1 aromatic heterocycles. The summed E-state index contributed by atoms with van der Waals surface area (Å²) in [6, 6.07) is 3.58. The topological polar surface area (TPSA) is 165 Å². The van der Waals surface area contributed by atoms with Crippen LogP contribution < -0.4 is 0 Å². The van der Waals surface area contributed by atoms with E-state index in [1.165, 1.54) is 25.9 Å². The molecule has 0 aromatic carbocycles. The van der Waals surface area contributed by atoms with Crippen LogP contribution in [-0.2, 0) is 14.4 Å². The molecule has 160 valence electrons. The maximum atomic E-state index is 11.8. The number of hydrogen-bond acceptors (Lipinski definition) is 7. The van der Waals surface area contributed by atoms with Gasteiger partial charge in [-0.1, -0.05) is 0 Å². The average Bonchev–Trinajstić information content (AvgIpc) is 3.15. The number of aromatic nitrogens is 1. The Balaban J connectivity index is 0.000000298. The SMILES string of the molecule is O=C(CCCN1CCCC1)c1ccncc1.O=C(O)CC(O)(CC(=O)O)C(=O)O. The number of likely N-dealkylation sites (tertiary alicyclic amines) is 1. The summed E-state index contributed by atoms with van der Waals surface area (Å²) in [5, 5.41) is 33.8. The minimum absolute atomic E-state index is 0.238. The Morgan fingerprint density at radius 1 is 0.966 bits per heavy atom. The highest BCUT2D eigenvalue weighted by Crippen LogP contribution is 2.15. The lowest BCUT2D eigenvalue weighted by molar-refractivity contribution is -0.170. The summed E-state index contributed by atoms with van der Waals surface area (Å²) in [4.78, 5) is 48.6. The fraction of sp³-hybridized carbons (Fsp3) is 0.526. The molecule has 0 spiro atoms. The minimum atomic E-state index is -2.74. The third-order valence-corrected chi connectivity index (χ3v) is 4.36. The first-order valence-electron chi connectivity index (χ1n) is 9.19. The predicted octanol–water partition coefficient (Wildman–Crippen LogP) is 0.892. The number of carbonyl (C=O) groups is 4. The number of aliphatic carboxylic acids is 3. The lowest BCUT2D eigenvalue weighted by atomic mass is 9.96. The van der Waals surface area contributed by atoms with Crippen molar-refractivity contribution in [2.75, 3.05) is 19.6 Å². The second kappa shape index (κ2) is 11.9. The molecular weight excluding hydrogens is 384 g/mol. The van der Waals surface area contributed by atoms with Gasteiger partial charge in [0.05, 0.1) is 12.8 Å². The number of Topliss-reactive ketones (excluding diaryl/α,β-unsaturated/α-hetero) is 1. The molecule has 1 saturated heterocycles. The van der Waals surface area contributed by atoms with Crippen molar-refractivity contribution >= 4 is 23.7 Å². The third-order valence-electron chi connectivity index (χ3n) is 4.36. The van der Waals surface area contributed by atoms with E-state index in [0.29, 0.717) is 6.42 Å². The number of nitrogens with zero attached hydrogens (tertiary/aromatic N) is 2. The van der Waals surface area contributed by atoms with Gasteiger partial charge in [-0.15, -0.1) is 0 Å². The van der Waals surface area contributed by atoms with Gasteiger partial charge >= 0.3 is 17.9 Å². The van der Waals surface area contributed by atoms with Crippen LogP contribution in [-0.4, -0.2) is 79.2 Å². The summed E-state index contributed by atoms with van der Waals surface area (Å²) >= 11 is 0. The standard InChI is InChI=1S/C13H18N2O.C6H8O7/c16-13(12-5-7-14-8-6-12)4-3-11-15-9-1-2-10-15;7-3(8)1-6(13,5(11)12)2-4(9)10/h5-8H,1-4,9-11H2;13H,1-2H2,(H,7,8)(H,9,10)(H,11,12). The van der Waals surface area contributed by atoms with Crippen molar-refractivity contribution in [2.45, 2.75) is 44.1 Å². The van der Waals surface area contributed by atoms with Gasteiger partial charge in [-0.2, -0.15) is 0 Å². The molecule has 0 aliphatic carbocycles. The number of aliphatic hydroxyl groups is 1. The van der Waals surface area contributed by atoms with E-state index in [1.54, 1.807) is 24.5 Å². The molecule has 1 fully saturated rings. The zero-order chi connectivity index (χ0) is 21.9. The zero-order valence-electron chi connectivity index (χ0n) is 16.0. The number of carbonyl (C=O) groups excluding carboxylic acids is 1. The van der Waals surface area contributed by atoms with Crippen molar-refractivity contribution in [1.82, 2.24) is 9.88 Å². The van der Waals surface area contributed by atoms with Gasteiger partial charge in [0.1, 0.15) is 0 Å². The first-order valence-corrected chi connectivity index (χ1v) is 9.19.